The van der Waals surface area contributed by atoms with Gasteiger partial charge in [0.25, 0.3) is 5.91 Å². The van der Waals surface area contributed by atoms with Gasteiger partial charge in [0, 0.05) is 24.5 Å². The fourth-order valence-electron chi connectivity index (χ4n) is 2.68. The summed E-state index contributed by atoms with van der Waals surface area (Å²) in [5, 5.41) is 7.52. The molecule has 2 amide bonds. The first-order valence-electron chi connectivity index (χ1n) is 7.14. The van der Waals surface area contributed by atoms with Gasteiger partial charge >= 0.3 is 0 Å². The standard InChI is InChI=1S/C15H17N3O2S2/c1-9-12(22-14(17-9)10-5-7-21-8-10)15(20)18-6-3-4-11(18)13(19)16-2/h5,7-8,11H,3-4,6H2,1-2H3,(H,16,19)/t11-/m1/s1. The molecule has 0 saturated carbocycles. The van der Waals surface area contributed by atoms with Gasteiger partial charge in [0.15, 0.2) is 0 Å². The number of hydrogen-bond donors (Lipinski definition) is 1. The molecule has 2 aromatic rings. The Morgan fingerprint density at radius 2 is 2.27 bits per heavy atom. The number of rotatable bonds is 3. The Bertz CT molecular complexity index is 694. The van der Waals surface area contributed by atoms with Gasteiger partial charge in [-0.3, -0.25) is 9.59 Å². The van der Waals surface area contributed by atoms with E-state index in [1.54, 1.807) is 23.3 Å². The van der Waals surface area contributed by atoms with Crippen molar-refractivity contribution in [2.45, 2.75) is 25.8 Å². The van der Waals surface area contributed by atoms with Crippen LogP contribution in [0.5, 0.6) is 0 Å². The molecule has 116 valence electrons. The molecule has 1 saturated heterocycles. The third-order valence-corrected chi connectivity index (χ3v) is 5.70. The highest BCUT2D eigenvalue weighted by atomic mass is 32.1. The molecule has 1 atom stereocenters. The lowest BCUT2D eigenvalue weighted by atomic mass is 10.2. The van der Waals surface area contributed by atoms with Crippen molar-refractivity contribution in [3.63, 3.8) is 0 Å². The first-order chi connectivity index (χ1) is 10.6. The maximum atomic E-state index is 12.8. The minimum Gasteiger partial charge on any atom is -0.357 e. The average Bonchev–Trinajstić information content (AvgIpc) is 3.25. The minimum atomic E-state index is -0.358. The number of aromatic nitrogens is 1. The summed E-state index contributed by atoms with van der Waals surface area (Å²) in [6.07, 6.45) is 1.58. The maximum absolute atomic E-state index is 12.8. The molecule has 1 fully saturated rings. The number of thiazole rings is 1. The van der Waals surface area contributed by atoms with Crippen molar-refractivity contribution in [3.05, 3.63) is 27.4 Å². The Morgan fingerprint density at radius 3 is 2.95 bits per heavy atom. The molecule has 0 radical (unpaired) electrons. The van der Waals surface area contributed by atoms with Crippen LogP contribution in [0, 0.1) is 6.92 Å². The molecule has 0 aliphatic carbocycles. The van der Waals surface area contributed by atoms with Crippen molar-refractivity contribution in [2.24, 2.45) is 0 Å². The van der Waals surface area contributed by atoms with Crippen molar-refractivity contribution < 1.29 is 9.59 Å². The number of thiophene rings is 1. The highest BCUT2D eigenvalue weighted by Crippen LogP contribution is 2.31. The van der Waals surface area contributed by atoms with E-state index in [2.05, 4.69) is 10.3 Å². The number of carbonyl (C=O) groups excluding carboxylic acids is 2. The largest absolute Gasteiger partial charge is 0.357 e. The minimum absolute atomic E-state index is 0.0809. The van der Waals surface area contributed by atoms with Crippen LogP contribution in [0.1, 0.15) is 28.2 Å². The van der Waals surface area contributed by atoms with E-state index in [1.807, 2.05) is 23.8 Å². The second kappa shape index (κ2) is 6.18. The topological polar surface area (TPSA) is 62.3 Å². The Hall–Kier alpha value is -1.73. The molecule has 1 aliphatic rings. The van der Waals surface area contributed by atoms with Crippen LogP contribution in [0.15, 0.2) is 16.8 Å². The van der Waals surface area contributed by atoms with Crippen molar-refractivity contribution in [1.29, 1.82) is 0 Å². The van der Waals surface area contributed by atoms with Crippen LogP contribution < -0.4 is 5.32 Å². The number of likely N-dealkylation sites (tertiary alicyclic amines) is 1. The quantitative estimate of drug-likeness (QED) is 0.937. The monoisotopic (exact) mass is 335 g/mol. The zero-order valence-electron chi connectivity index (χ0n) is 12.5. The van der Waals surface area contributed by atoms with E-state index in [-0.39, 0.29) is 17.9 Å². The van der Waals surface area contributed by atoms with Crippen LogP contribution in [0.25, 0.3) is 10.6 Å². The molecular formula is C15H17N3O2S2. The average molecular weight is 335 g/mol. The molecule has 2 aromatic heterocycles. The Morgan fingerprint density at radius 1 is 1.45 bits per heavy atom. The molecular weight excluding hydrogens is 318 g/mol. The van der Waals surface area contributed by atoms with Crippen LogP contribution in [-0.4, -0.2) is 41.3 Å². The van der Waals surface area contributed by atoms with Crippen molar-refractivity contribution in [2.75, 3.05) is 13.6 Å². The van der Waals surface area contributed by atoms with Gasteiger partial charge in [-0.1, -0.05) is 0 Å². The third-order valence-electron chi connectivity index (χ3n) is 3.82. The SMILES string of the molecule is CNC(=O)[C@H]1CCCN1C(=O)c1sc(-c2ccsc2)nc1C. The van der Waals surface area contributed by atoms with Gasteiger partial charge in [-0.05, 0) is 31.2 Å². The van der Waals surface area contributed by atoms with Crippen LogP contribution in [-0.2, 0) is 4.79 Å². The van der Waals surface area contributed by atoms with Crippen molar-refractivity contribution >= 4 is 34.5 Å². The summed E-state index contributed by atoms with van der Waals surface area (Å²) in [6.45, 7) is 2.48. The van der Waals surface area contributed by atoms with Gasteiger partial charge in [-0.25, -0.2) is 4.98 Å². The fourth-order valence-corrected chi connectivity index (χ4v) is 4.42. The van der Waals surface area contributed by atoms with E-state index in [0.29, 0.717) is 11.4 Å². The van der Waals surface area contributed by atoms with Gasteiger partial charge < -0.3 is 10.2 Å². The summed E-state index contributed by atoms with van der Waals surface area (Å²) in [7, 11) is 1.61. The summed E-state index contributed by atoms with van der Waals surface area (Å²) < 4.78 is 0. The zero-order valence-corrected chi connectivity index (χ0v) is 14.1. The van der Waals surface area contributed by atoms with Crippen molar-refractivity contribution in [1.82, 2.24) is 15.2 Å². The highest BCUT2D eigenvalue weighted by Gasteiger charge is 2.35. The second-order valence-electron chi connectivity index (χ2n) is 5.22. The van der Waals surface area contributed by atoms with Crippen LogP contribution in [0.2, 0.25) is 0 Å². The van der Waals surface area contributed by atoms with Crippen LogP contribution in [0.4, 0.5) is 0 Å². The van der Waals surface area contributed by atoms with Gasteiger partial charge in [0.1, 0.15) is 15.9 Å². The maximum Gasteiger partial charge on any atom is 0.266 e. The van der Waals surface area contributed by atoms with E-state index in [4.69, 9.17) is 0 Å². The molecule has 7 heteroatoms. The lowest BCUT2D eigenvalue weighted by Crippen LogP contribution is -2.44. The smallest absolute Gasteiger partial charge is 0.266 e. The number of hydrogen-bond acceptors (Lipinski definition) is 5. The Balaban J connectivity index is 1.87. The molecule has 22 heavy (non-hydrogen) atoms. The summed E-state index contributed by atoms with van der Waals surface area (Å²) in [5.74, 6) is -0.173. The van der Waals surface area contributed by atoms with Gasteiger partial charge in [-0.2, -0.15) is 11.3 Å². The van der Waals surface area contributed by atoms with Crippen LogP contribution >= 0.6 is 22.7 Å². The highest BCUT2D eigenvalue weighted by molar-refractivity contribution is 7.17. The lowest BCUT2D eigenvalue weighted by Gasteiger charge is -2.22. The van der Waals surface area contributed by atoms with Gasteiger partial charge in [-0.15, -0.1) is 11.3 Å². The first kappa shape index (κ1) is 15.2. The van der Waals surface area contributed by atoms with E-state index in [1.165, 1.54) is 11.3 Å². The molecule has 1 aliphatic heterocycles. The number of aryl methyl sites for hydroxylation is 1. The molecule has 3 heterocycles. The molecule has 0 bridgehead atoms. The van der Waals surface area contributed by atoms with Gasteiger partial charge in [0.2, 0.25) is 5.91 Å². The predicted octanol–water partition coefficient (Wildman–Crippen LogP) is 2.53. The predicted molar refractivity (Wildman–Crippen MR) is 88.3 cm³/mol. The normalized spacial score (nSPS) is 17.7. The number of nitrogens with zero attached hydrogens (tertiary/aromatic N) is 2. The third kappa shape index (κ3) is 2.66. The van der Waals surface area contributed by atoms with Gasteiger partial charge in [0.05, 0.1) is 5.69 Å². The Kier molecular flexibility index (Phi) is 4.26. The van der Waals surface area contributed by atoms with E-state index in [9.17, 15) is 9.59 Å². The molecule has 3 rings (SSSR count). The fraction of sp³-hybridized carbons (Fsp3) is 0.400. The molecule has 5 nitrogen and oxygen atoms in total. The lowest BCUT2D eigenvalue weighted by molar-refractivity contribution is -0.124. The van der Waals surface area contributed by atoms with Crippen LogP contribution in [0.3, 0.4) is 0 Å². The molecule has 0 aromatic carbocycles. The number of nitrogens with one attached hydrogen (secondary N) is 1. The molecule has 1 N–H and O–H groups in total. The molecule has 0 spiro atoms. The summed E-state index contributed by atoms with van der Waals surface area (Å²) in [6, 6.07) is 1.64. The number of carbonyl (C=O) groups is 2. The first-order valence-corrected chi connectivity index (χ1v) is 8.90. The second-order valence-corrected chi connectivity index (χ2v) is 7.00. The van der Waals surface area contributed by atoms with E-state index < -0.39 is 0 Å². The summed E-state index contributed by atoms with van der Waals surface area (Å²) in [5.41, 5.74) is 1.78. The van der Waals surface area contributed by atoms with Crippen molar-refractivity contribution in [3.8, 4) is 10.6 Å². The molecule has 0 unspecified atom stereocenters. The summed E-state index contributed by atoms with van der Waals surface area (Å²) in [4.78, 5) is 31.5. The number of likely N-dealkylation sites (N-methyl/N-ethyl adjacent to an activating group) is 1. The Labute approximate surface area is 137 Å². The van der Waals surface area contributed by atoms with E-state index in [0.717, 1.165) is 29.1 Å². The summed E-state index contributed by atoms with van der Waals surface area (Å²) >= 11 is 3.02. The zero-order chi connectivity index (χ0) is 15.7. The number of amides is 2. The van der Waals surface area contributed by atoms with E-state index >= 15 is 0 Å².